The Labute approximate surface area is 257 Å². The zero-order valence-corrected chi connectivity index (χ0v) is 25.8. The van der Waals surface area contributed by atoms with E-state index in [0.29, 0.717) is 19.4 Å². The number of carbonyl (C=O) groups excluding carboxylic acids is 2. The first-order valence-corrected chi connectivity index (χ1v) is 16.4. The van der Waals surface area contributed by atoms with Crippen LogP contribution >= 0.6 is 0 Å². The number of sulfone groups is 1. The van der Waals surface area contributed by atoms with Crippen LogP contribution in [0, 0.1) is 11.6 Å². The van der Waals surface area contributed by atoms with Crippen molar-refractivity contribution in [3.8, 4) is 0 Å². The first kappa shape index (κ1) is 34.7. The van der Waals surface area contributed by atoms with Gasteiger partial charge in [0.15, 0.2) is 9.84 Å². The second kappa shape index (κ2) is 16.9. The molecule has 0 fully saturated rings. The number of aromatic nitrogens is 1. The highest BCUT2D eigenvalue weighted by atomic mass is 32.2. The van der Waals surface area contributed by atoms with Gasteiger partial charge in [-0.25, -0.2) is 22.0 Å². The Morgan fingerprint density at radius 1 is 1.00 bits per heavy atom. The fraction of sp³-hybridized carbons (Fsp3) is 0.406. The summed E-state index contributed by atoms with van der Waals surface area (Å²) in [6.07, 6.45) is 3.55. The van der Waals surface area contributed by atoms with E-state index in [1.807, 2.05) is 38.1 Å². The summed E-state index contributed by atoms with van der Waals surface area (Å²) < 4.78 is 59.2. The lowest BCUT2D eigenvalue weighted by atomic mass is 10.0. The molecule has 3 atom stereocenters. The van der Waals surface area contributed by atoms with Gasteiger partial charge in [0.1, 0.15) is 23.8 Å². The van der Waals surface area contributed by atoms with Crippen LogP contribution in [0.1, 0.15) is 53.7 Å². The molecule has 3 rings (SSSR count). The number of nitrogens with one attached hydrogen (secondary N) is 2. The second-order valence-electron chi connectivity index (χ2n) is 10.7. The van der Waals surface area contributed by atoms with Crippen molar-refractivity contribution in [2.45, 2.75) is 64.3 Å². The number of nitrogens with two attached hydrogens (primary N) is 1. The Bertz CT molecular complexity index is 1470. The highest BCUT2D eigenvalue weighted by Gasteiger charge is 2.32. The molecule has 3 aromatic rings. The molecule has 0 saturated heterocycles. The molecule has 0 bridgehead atoms. The Balaban J connectivity index is 1.83. The highest BCUT2D eigenvalue weighted by molar-refractivity contribution is 7.91. The standard InChI is InChI=1S/C32H40F2N4O5S/c1-3-5-12-44(41,42)21-29(38-31(39)25-10-7-11-36-19-25)32(40)43-30(20-37-18-23-9-6-8-22(4-2)13-23)28(35)16-24-14-26(33)17-27(34)15-24/h6-11,13-15,17,19,28-30,37H,3-5,12,16,18,20-21,35H2,1-2H3,(H,38,39)/t28?,29-,30-/m1/s1. The SMILES string of the molecule is CCCCS(=O)(=O)C[C@@H](NC(=O)c1cccnc1)C(=O)O[C@H](CNCc1cccc(CC)c1)C(N)Cc1cc(F)cc(F)c1. The largest absolute Gasteiger partial charge is 0.458 e. The molecule has 9 nitrogen and oxygen atoms in total. The molecule has 0 aliphatic heterocycles. The Morgan fingerprint density at radius 3 is 2.39 bits per heavy atom. The van der Waals surface area contributed by atoms with Crippen LogP contribution in [0.3, 0.4) is 0 Å². The maximum atomic E-state index is 13.9. The average Bonchev–Trinajstić information content (AvgIpc) is 2.99. The molecule has 0 aliphatic carbocycles. The average molecular weight is 631 g/mol. The van der Waals surface area contributed by atoms with E-state index in [1.54, 1.807) is 0 Å². The Morgan fingerprint density at radius 2 is 1.73 bits per heavy atom. The van der Waals surface area contributed by atoms with Crippen LogP contribution in [0.4, 0.5) is 8.78 Å². The van der Waals surface area contributed by atoms with E-state index in [1.165, 1.54) is 24.5 Å². The van der Waals surface area contributed by atoms with Gasteiger partial charge in [0.05, 0.1) is 17.1 Å². The van der Waals surface area contributed by atoms with Crippen LogP contribution in [0.25, 0.3) is 0 Å². The zero-order chi connectivity index (χ0) is 32.1. The van der Waals surface area contributed by atoms with Gasteiger partial charge in [0.25, 0.3) is 5.91 Å². The molecule has 0 radical (unpaired) electrons. The third-order valence-electron chi connectivity index (χ3n) is 6.96. The first-order valence-electron chi connectivity index (χ1n) is 14.6. The summed E-state index contributed by atoms with van der Waals surface area (Å²) in [6, 6.07) is 11.5. The number of esters is 1. The van der Waals surface area contributed by atoms with Gasteiger partial charge in [0.2, 0.25) is 0 Å². The number of amides is 1. The van der Waals surface area contributed by atoms with E-state index in [2.05, 4.69) is 15.6 Å². The smallest absolute Gasteiger partial charge is 0.330 e. The molecule has 2 aromatic carbocycles. The summed E-state index contributed by atoms with van der Waals surface area (Å²) in [5.41, 5.74) is 8.96. The molecule has 0 saturated carbocycles. The number of hydrogen-bond donors (Lipinski definition) is 3. The van der Waals surface area contributed by atoms with Crippen LogP contribution in [0.15, 0.2) is 67.0 Å². The number of hydrogen-bond acceptors (Lipinski definition) is 8. The number of carbonyl (C=O) groups is 2. The minimum atomic E-state index is -3.75. The number of unbranched alkanes of at least 4 members (excludes halogenated alkanes) is 1. The lowest BCUT2D eigenvalue weighted by molar-refractivity contribution is -0.151. The van der Waals surface area contributed by atoms with Crippen molar-refractivity contribution in [2.75, 3.05) is 18.1 Å². The summed E-state index contributed by atoms with van der Waals surface area (Å²) in [5.74, 6) is -4.08. The number of rotatable bonds is 17. The molecule has 0 aliphatic rings. The van der Waals surface area contributed by atoms with Crippen molar-refractivity contribution in [3.63, 3.8) is 0 Å². The number of ether oxygens (including phenoxy) is 1. The monoisotopic (exact) mass is 630 g/mol. The van der Waals surface area contributed by atoms with Crippen molar-refractivity contribution < 1.29 is 31.5 Å². The van der Waals surface area contributed by atoms with Gasteiger partial charge in [-0.1, -0.05) is 44.5 Å². The summed E-state index contributed by atoms with van der Waals surface area (Å²) in [5, 5.41) is 5.69. The molecule has 238 valence electrons. The van der Waals surface area contributed by atoms with Crippen molar-refractivity contribution in [3.05, 3.63) is 101 Å². The first-order chi connectivity index (χ1) is 21.0. The molecule has 1 heterocycles. The second-order valence-corrected chi connectivity index (χ2v) is 12.9. The lowest BCUT2D eigenvalue weighted by Gasteiger charge is -2.27. The predicted molar refractivity (Wildman–Crippen MR) is 164 cm³/mol. The van der Waals surface area contributed by atoms with Crippen LogP contribution in [-0.2, 0) is 38.8 Å². The van der Waals surface area contributed by atoms with Gasteiger partial charge in [-0.3, -0.25) is 9.78 Å². The number of halogens is 2. The van der Waals surface area contributed by atoms with E-state index < -0.39 is 57.3 Å². The third kappa shape index (κ3) is 11.4. The molecular formula is C32H40F2N4O5S. The van der Waals surface area contributed by atoms with Crippen molar-refractivity contribution >= 4 is 21.7 Å². The van der Waals surface area contributed by atoms with Crippen molar-refractivity contribution in [1.82, 2.24) is 15.6 Å². The third-order valence-corrected chi connectivity index (χ3v) is 8.71. The number of pyridine rings is 1. The van der Waals surface area contributed by atoms with Gasteiger partial charge in [-0.2, -0.15) is 0 Å². The van der Waals surface area contributed by atoms with Crippen LogP contribution in [-0.4, -0.2) is 61.5 Å². The van der Waals surface area contributed by atoms with E-state index >= 15 is 0 Å². The summed E-state index contributed by atoms with van der Waals surface area (Å²) in [7, 11) is -3.75. The number of nitrogens with zero attached hydrogens (tertiary/aromatic N) is 1. The fourth-order valence-electron chi connectivity index (χ4n) is 4.57. The fourth-order valence-corrected chi connectivity index (χ4v) is 6.19. The summed E-state index contributed by atoms with van der Waals surface area (Å²) >= 11 is 0. The van der Waals surface area contributed by atoms with Crippen LogP contribution < -0.4 is 16.4 Å². The van der Waals surface area contributed by atoms with Gasteiger partial charge in [-0.05, 0) is 60.2 Å². The molecule has 12 heteroatoms. The molecule has 1 unspecified atom stereocenters. The van der Waals surface area contributed by atoms with E-state index in [-0.39, 0.29) is 29.8 Å². The Hall–Kier alpha value is -3.74. The minimum Gasteiger partial charge on any atom is -0.458 e. The van der Waals surface area contributed by atoms with E-state index in [4.69, 9.17) is 10.5 Å². The number of aryl methyl sites for hydroxylation is 1. The maximum Gasteiger partial charge on any atom is 0.330 e. The van der Waals surface area contributed by atoms with Gasteiger partial charge in [0, 0.05) is 37.6 Å². The van der Waals surface area contributed by atoms with Gasteiger partial charge >= 0.3 is 5.97 Å². The normalized spacial score (nSPS) is 13.6. The van der Waals surface area contributed by atoms with Gasteiger partial charge in [-0.15, -0.1) is 0 Å². The molecule has 0 spiro atoms. The molecule has 1 aromatic heterocycles. The zero-order valence-electron chi connectivity index (χ0n) is 25.0. The maximum absolute atomic E-state index is 13.9. The molecular weight excluding hydrogens is 590 g/mol. The van der Waals surface area contributed by atoms with E-state index in [9.17, 15) is 26.8 Å². The van der Waals surface area contributed by atoms with Gasteiger partial charge < -0.3 is 21.1 Å². The van der Waals surface area contributed by atoms with Crippen LogP contribution in [0.2, 0.25) is 0 Å². The molecule has 44 heavy (non-hydrogen) atoms. The molecule has 1 amide bonds. The molecule has 4 N–H and O–H groups in total. The lowest BCUT2D eigenvalue weighted by Crippen LogP contribution is -2.51. The minimum absolute atomic E-state index is 0.0405. The Kier molecular flexibility index (Phi) is 13.4. The van der Waals surface area contributed by atoms with Crippen LogP contribution in [0.5, 0.6) is 0 Å². The topological polar surface area (TPSA) is 140 Å². The summed E-state index contributed by atoms with van der Waals surface area (Å²) in [4.78, 5) is 30.3. The van der Waals surface area contributed by atoms with E-state index in [0.717, 1.165) is 35.7 Å². The number of benzene rings is 2. The predicted octanol–water partition coefficient (Wildman–Crippen LogP) is 3.51. The van der Waals surface area contributed by atoms with Crippen molar-refractivity contribution in [2.24, 2.45) is 5.73 Å². The highest BCUT2D eigenvalue weighted by Crippen LogP contribution is 2.14. The quantitative estimate of drug-likeness (QED) is 0.193. The summed E-state index contributed by atoms with van der Waals surface area (Å²) in [6.45, 7) is 4.35. The van der Waals surface area contributed by atoms with Crippen molar-refractivity contribution in [1.29, 1.82) is 0 Å².